The van der Waals surface area contributed by atoms with E-state index < -0.39 is 11.0 Å². The molecule has 0 spiro atoms. The quantitative estimate of drug-likeness (QED) is 0.493. The molecule has 0 aliphatic carbocycles. The van der Waals surface area contributed by atoms with Gasteiger partial charge >= 0.3 is 0 Å². The number of anilines is 2. The Morgan fingerprint density at radius 2 is 1.97 bits per heavy atom. The number of amides is 1. The molecule has 0 fully saturated rings. The maximum absolute atomic E-state index is 13.3. The predicted octanol–water partition coefficient (Wildman–Crippen LogP) is 3.12. The van der Waals surface area contributed by atoms with Crippen LogP contribution in [0, 0.1) is 10.1 Å². The lowest BCUT2D eigenvalue weighted by molar-refractivity contribution is -0.384. The number of hydrogen-bond donors (Lipinski definition) is 2. The van der Waals surface area contributed by atoms with Crippen molar-refractivity contribution in [3.8, 4) is 5.75 Å². The highest BCUT2D eigenvalue weighted by molar-refractivity contribution is 6.06. The van der Waals surface area contributed by atoms with Crippen LogP contribution in [-0.2, 0) is 4.79 Å². The molecule has 1 aromatic heterocycles. The summed E-state index contributed by atoms with van der Waals surface area (Å²) in [7, 11) is 1.53. The fourth-order valence-electron chi connectivity index (χ4n) is 3.41. The molecule has 4 rings (SSSR count). The van der Waals surface area contributed by atoms with Crippen molar-refractivity contribution in [3.63, 3.8) is 0 Å². The highest BCUT2D eigenvalue weighted by atomic mass is 16.6. The Morgan fingerprint density at radius 1 is 1.23 bits per heavy atom. The van der Waals surface area contributed by atoms with E-state index in [0.717, 1.165) is 0 Å². The van der Waals surface area contributed by atoms with Gasteiger partial charge in [0.2, 0.25) is 5.95 Å². The summed E-state index contributed by atoms with van der Waals surface area (Å²) in [6.45, 7) is 1.77. The minimum absolute atomic E-state index is 0.0350. The number of methoxy groups -OCH3 is 1. The van der Waals surface area contributed by atoms with Crippen LogP contribution in [-0.4, -0.2) is 32.7 Å². The molecule has 0 bridgehead atoms. The first-order valence-corrected chi connectivity index (χ1v) is 9.05. The third-order valence-electron chi connectivity index (χ3n) is 4.81. The molecule has 0 unspecified atom stereocenters. The zero-order valence-corrected chi connectivity index (χ0v) is 16.2. The van der Waals surface area contributed by atoms with Gasteiger partial charge in [0, 0.05) is 17.8 Å². The van der Waals surface area contributed by atoms with Gasteiger partial charge in [-0.3, -0.25) is 14.9 Å². The van der Waals surface area contributed by atoms with Gasteiger partial charge in [0.15, 0.2) is 0 Å². The van der Waals surface area contributed by atoms with E-state index in [-0.39, 0.29) is 11.6 Å². The Hall–Kier alpha value is -4.21. The molecule has 152 valence electrons. The molecule has 2 N–H and O–H groups in total. The average molecular weight is 406 g/mol. The molecule has 10 heteroatoms. The van der Waals surface area contributed by atoms with Crippen LogP contribution >= 0.6 is 0 Å². The molecule has 30 heavy (non-hydrogen) atoms. The number of para-hydroxylation sites is 2. The van der Waals surface area contributed by atoms with E-state index in [1.807, 2.05) is 6.07 Å². The second-order valence-corrected chi connectivity index (χ2v) is 6.60. The molecule has 10 nitrogen and oxygen atoms in total. The standard InChI is InChI=1S/C20H18N6O4/c1-12-17(19(27)24-15-5-3-4-6-16(15)30-2)18(25-20(23-12)21-11-22-25)13-7-9-14(10-8-13)26(28)29/h3-11,18H,1-2H3,(H,24,27)(H,21,22,23)/t18-/m0/s1. The van der Waals surface area contributed by atoms with Gasteiger partial charge in [0.25, 0.3) is 11.6 Å². The Bertz CT molecular complexity index is 1150. The lowest BCUT2D eigenvalue weighted by Crippen LogP contribution is -2.31. The molecule has 2 aromatic carbocycles. The number of nitrogens with one attached hydrogen (secondary N) is 2. The van der Waals surface area contributed by atoms with Crippen LogP contribution < -0.4 is 15.4 Å². The van der Waals surface area contributed by atoms with Crippen molar-refractivity contribution >= 4 is 23.2 Å². The summed E-state index contributed by atoms with van der Waals surface area (Å²) in [4.78, 5) is 28.0. The Kier molecular flexibility index (Phi) is 4.88. The topological polar surface area (TPSA) is 124 Å². The summed E-state index contributed by atoms with van der Waals surface area (Å²) in [6, 6.07) is 12.5. The summed E-state index contributed by atoms with van der Waals surface area (Å²) in [6.07, 6.45) is 1.38. The number of carbonyl (C=O) groups is 1. The second-order valence-electron chi connectivity index (χ2n) is 6.60. The molecule has 0 saturated heterocycles. The maximum atomic E-state index is 13.3. The van der Waals surface area contributed by atoms with Gasteiger partial charge in [-0.15, -0.1) is 0 Å². The van der Waals surface area contributed by atoms with Crippen molar-refractivity contribution in [1.29, 1.82) is 0 Å². The molecule has 1 amide bonds. The monoisotopic (exact) mass is 406 g/mol. The minimum atomic E-state index is -0.612. The highest BCUT2D eigenvalue weighted by Crippen LogP contribution is 2.36. The van der Waals surface area contributed by atoms with Crippen molar-refractivity contribution in [2.75, 3.05) is 17.7 Å². The van der Waals surface area contributed by atoms with Crippen molar-refractivity contribution in [1.82, 2.24) is 14.8 Å². The number of nitro benzene ring substituents is 1. The van der Waals surface area contributed by atoms with Crippen LogP contribution in [0.15, 0.2) is 66.1 Å². The zero-order valence-electron chi connectivity index (χ0n) is 16.2. The van der Waals surface area contributed by atoms with Gasteiger partial charge in [-0.1, -0.05) is 12.1 Å². The van der Waals surface area contributed by atoms with Gasteiger partial charge in [-0.25, -0.2) is 4.68 Å². The van der Waals surface area contributed by atoms with Crippen LogP contribution in [0.1, 0.15) is 18.5 Å². The van der Waals surface area contributed by atoms with Crippen LogP contribution in [0.4, 0.5) is 17.3 Å². The number of non-ortho nitro benzene ring substituents is 1. The van der Waals surface area contributed by atoms with E-state index in [1.165, 1.54) is 25.6 Å². The molecule has 1 aliphatic rings. The number of hydrogen-bond acceptors (Lipinski definition) is 7. The van der Waals surface area contributed by atoms with Crippen LogP contribution in [0.5, 0.6) is 5.75 Å². The lowest BCUT2D eigenvalue weighted by Gasteiger charge is -2.28. The fraction of sp³-hybridized carbons (Fsp3) is 0.150. The van der Waals surface area contributed by atoms with E-state index in [0.29, 0.717) is 34.2 Å². The molecule has 0 saturated carbocycles. The SMILES string of the molecule is COc1ccccc1NC(=O)C1=C(C)Nc2ncnn2[C@H]1c1ccc([N+](=O)[O-])cc1. The Morgan fingerprint density at radius 3 is 2.67 bits per heavy atom. The summed E-state index contributed by atoms with van der Waals surface area (Å²) < 4.78 is 6.89. The number of carbonyl (C=O) groups excluding carboxylic acids is 1. The van der Waals surface area contributed by atoms with Crippen molar-refractivity contribution in [3.05, 3.63) is 81.8 Å². The smallest absolute Gasteiger partial charge is 0.269 e. The molecule has 0 radical (unpaired) electrons. The van der Waals surface area contributed by atoms with Gasteiger partial charge in [-0.05, 0) is 36.8 Å². The van der Waals surface area contributed by atoms with Crippen molar-refractivity contribution in [2.24, 2.45) is 0 Å². The maximum Gasteiger partial charge on any atom is 0.269 e. The van der Waals surface area contributed by atoms with E-state index in [1.54, 1.807) is 41.9 Å². The number of fused-ring (bicyclic) bond motifs is 1. The first-order valence-electron chi connectivity index (χ1n) is 9.05. The summed E-state index contributed by atoms with van der Waals surface area (Å²) >= 11 is 0. The van der Waals surface area contributed by atoms with E-state index in [9.17, 15) is 14.9 Å². The van der Waals surface area contributed by atoms with Gasteiger partial charge in [0.1, 0.15) is 18.1 Å². The summed E-state index contributed by atoms with van der Waals surface area (Å²) in [5.41, 5.74) is 2.17. The number of aromatic nitrogens is 3. The Labute approximate surface area is 171 Å². The van der Waals surface area contributed by atoms with E-state index in [2.05, 4.69) is 20.7 Å². The normalized spacial score (nSPS) is 15.2. The number of ether oxygens (including phenoxy) is 1. The molecule has 1 atom stereocenters. The fourth-order valence-corrected chi connectivity index (χ4v) is 3.41. The van der Waals surface area contributed by atoms with Crippen LogP contribution in [0.2, 0.25) is 0 Å². The van der Waals surface area contributed by atoms with E-state index in [4.69, 9.17) is 4.74 Å². The first kappa shape index (κ1) is 19.1. The van der Waals surface area contributed by atoms with Gasteiger partial charge < -0.3 is 15.4 Å². The molecule has 2 heterocycles. The largest absolute Gasteiger partial charge is 0.495 e. The highest BCUT2D eigenvalue weighted by Gasteiger charge is 2.33. The number of nitrogens with zero attached hydrogens (tertiary/aromatic N) is 4. The third-order valence-corrected chi connectivity index (χ3v) is 4.81. The first-order chi connectivity index (χ1) is 14.5. The molecule has 3 aromatic rings. The number of nitro groups is 1. The number of allylic oxidation sites excluding steroid dienone is 1. The van der Waals surface area contributed by atoms with Crippen molar-refractivity contribution < 1.29 is 14.5 Å². The van der Waals surface area contributed by atoms with Crippen LogP contribution in [0.25, 0.3) is 0 Å². The average Bonchev–Trinajstić information content (AvgIpc) is 3.21. The van der Waals surface area contributed by atoms with Crippen LogP contribution in [0.3, 0.4) is 0 Å². The van der Waals surface area contributed by atoms with Gasteiger partial charge in [-0.2, -0.15) is 10.1 Å². The minimum Gasteiger partial charge on any atom is -0.495 e. The summed E-state index contributed by atoms with van der Waals surface area (Å²) in [5.74, 6) is 0.653. The predicted molar refractivity (Wildman–Crippen MR) is 109 cm³/mol. The van der Waals surface area contributed by atoms with E-state index >= 15 is 0 Å². The molecule has 1 aliphatic heterocycles. The Balaban J connectivity index is 1.75. The third kappa shape index (κ3) is 3.34. The molecular weight excluding hydrogens is 388 g/mol. The molecular formula is C20H18N6O4. The van der Waals surface area contributed by atoms with Gasteiger partial charge in [0.05, 0.1) is 23.3 Å². The lowest BCUT2D eigenvalue weighted by atomic mass is 9.95. The zero-order chi connectivity index (χ0) is 21.3. The second kappa shape index (κ2) is 7.66. The summed E-state index contributed by atoms with van der Waals surface area (Å²) in [5, 5.41) is 21.2. The number of benzene rings is 2. The van der Waals surface area contributed by atoms with Crippen molar-refractivity contribution in [2.45, 2.75) is 13.0 Å². The number of rotatable bonds is 5.